The first-order chi connectivity index (χ1) is 6.93. The summed E-state index contributed by atoms with van der Waals surface area (Å²) in [7, 11) is 0. The molecule has 0 spiro atoms. The highest BCUT2D eigenvalue weighted by molar-refractivity contribution is 5.73. The van der Waals surface area contributed by atoms with Gasteiger partial charge >= 0.3 is 5.97 Å². The second-order valence-corrected chi connectivity index (χ2v) is 4.58. The monoisotopic (exact) mass is 216 g/mol. The average molecular weight is 216 g/mol. The minimum atomic E-state index is -0.947. The molecule has 90 valence electrons. The van der Waals surface area contributed by atoms with E-state index >= 15 is 0 Å². The number of carboxylic acids is 1. The Kier molecular flexibility index (Phi) is 7.34. The predicted octanol–water partition coefficient (Wildman–Crippen LogP) is 1.20. The minimum absolute atomic E-state index is 0.342. The molecular weight excluding hydrogens is 192 g/mol. The van der Waals surface area contributed by atoms with E-state index in [9.17, 15) is 4.79 Å². The number of nitrogens with two attached hydrogens (primary N) is 1. The number of carbonyl (C=O) groups is 1. The van der Waals surface area contributed by atoms with Crippen molar-refractivity contribution in [1.82, 2.24) is 5.32 Å². The van der Waals surface area contributed by atoms with Gasteiger partial charge in [-0.25, -0.2) is 0 Å². The molecule has 0 radical (unpaired) electrons. The maximum atomic E-state index is 10.5. The lowest BCUT2D eigenvalue weighted by atomic mass is 10.0. The number of hydrogen-bond acceptors (Lipinski definition) is 3. The lowest BCUT2D eigenvalue weighted by Gasteiger charge is -2.15. The van der Waals surface area contributed by atoms with Crippen LogP contribution in [0.15, 0.2) is 0 Å². The quantitative estimate of drug-likeness (QED) is 0.570. The van der Waals surface area contributed by atoms with Crippen LogP contribution in [-0.2, 0) is 4.79 Å². The zero-order valence-corrected chi connectivity index (χ0v) is 9.99. The molecule has 4 N–H and O–H groups in total. The average Bonchev–Trinajstić information content (AvgIpc) is 2.13. The van der Waals surface area contributed by atoms with Crippen molar-refractivity contribution in [2.24, 2.45) is 11.7 Å². The number of aliphatic carboxylic acids is 1. The number of rotatable bonds is 8. The molecule has 0 aliphatic rings. The van der Waals surface area contributed by atoms with Gasteiger partial charge in [-0.05, 0) is 19.3 Å². The van der Waals surface area contributed by atoms with Gasteiger partial charge in [0.05, 0.1) is 0 Å². The van der Waals surface area contributed by atoms with E-state index in [2.05, 4.69) is 26.1 Å². The van der Waals surface area contributed by atoms with Crippen molar-refractivity contribution in [2.45, 2.75) is 52.1 Å². The third-order valence-electron chi connectivity index (χ3n) is 2.42. The minimum Gasteiger partial charge on any atom is -0.480 e. The molecule has 0 aliphatic heterocycles. The zero-order chi connectivity index (χ0) is 11.8. The standard InChI is InChI=1S/C11H24N2O2/c1-8(2)5-4-6-9(3)13-7-10(12)11(14)15/h8-10,13H,4-7,12H2,1-3H3,(H,14,15). The molecule has 0 aromatic rings. The van der Waals surface area contributed by atoms with Gasteiger partial charge in [0.2, 0.25) is 0 Å². The van der Waals surface area contributed by atoms with Gasteiger partial charge < -0.3 is 16.2 Å². The maximum Gasteiger partial charge on any atom is 0.321 e. The van der Waals surface area contributed by atoms with Crippen LogP contribution in [0.5, 0.6) is 0 Å². The van der Waals surface area contributed by atoms with Crippen molar-refractivity contribution >= 4 is 5.97 Å². The molecule has 2 unspecified atom stereocenters. The molecule has 0 heterocycles. The number of carboxylic acid groups (broad SMARTS) is 1. The molecule has 0 aromatic heterocycles. The van der Waals surface area contributed by atoms with Crippen LogP contribution < -0.4 is 11.1 Å². The summed E-state index contributed by atoms with van der Waals surface area (Å²) in [6, 6.07) is -0.452. The fraction of sp³-hybridized carbons (Fsp3) is 0.909. The summed E-state index contributed by atoms with van der Waals surface area (Å²) in [5, 5.41) is 11.7. The Hall–Kier alpha value is -0.610. The summed E-state index contributed by atoms with van der Waals surface area (Å²) in [6.07, 6.45) is 3.47. The SMILES string of the molecule is CC(C)CCCC(C)NCC(N)C(=O)O. The molecule has 0 amide bonds. The molecular formula is C11H24N2O2. The highest BCUT2D eigenvalue weighted by Gasteiger charge is 2.12. The molecule has 0 rings (SSSR count). The Morgan fingerprint density at radius 3 is 2.40 bits per heavy atom. The second-order valence-electron chi connectivity index (χ2n) is 4.58. The lowest BCUT2D eigenvalue weighted by molar-refractivity contribution is -0.138. The van der Waals surface area contributed by atoms with Crippen molar-refractivity contribution in [3.63, 3.8) is 0 Å². The smallest absolute Gasteiger partial charge is 0.321 e. The van der Waals surface area contributed by atoms with Crippen molar-refractivity contribution < 1.29 is 9.90 Å². The van der Waals surface area contributed by atoms with Gasteiger partial charge in [-0.2, -0.15) is 0 Å². The molecule has 0 aliphatic carbocycles. The van der Waals surface area contributed by atoms with Gasteiger partial charge in [0.1, 0.15) is 6.04 Å². The van der Waals surface area contributed by atoms with E-state index in [1.165, 1.54) is 12.8 Å². The molecule has 4 heteroatoms. The molecule has 15 heavy (non-hydrogen) atoms. The predicted molar refractivity (Wildman–Crippen MR) is 61.8 cm³/mol. The van der Waals surface area contributed by atoms with Crippen LogP contribution in [0.4, 0.5) is 0 Å². The van der Waals surface area contributed by atoms with E-state index in [0.29, 0.717) is 12.6 Å². The Morgan fingerprint density at radius 1 is 1.33 bits per heavy atom. The van der Waals surface area contributed by atoms with Gasteiger partial charge in [0.25, 0.3) is 0 Å². The van der Waals surface area contributed by atoms with Crippen LogP contribution >= 0.6 is 0 Å². The zero-order valence-electron chi connectivity index (χ0n) is 9.99. The summed E-state index contributed by atoms with van der Waals surface area (Å²) < 4.78 is 0. The van der Waals surface area contributed by atoms with E-state index in [1.54, 1.807) is 0 Å². The van der Waals surface area contributed by atoms with E-state index in [-0.39, 0.29) is 0 Å². The Morgan fingerprint density at radius 2 is 1.93 bits per heavy atom. The largest absolute Gasteiger partial charge is 0.480 e. The van der Waals surface area contributed by atoms with Gasteiger partial charge in [-0.15, -0.1) is 0 Å². The van der Waals surface area contributed by atoms with Gasteiger partial charge in [0, 0.05) is 12.6 Å². The molecule has 0 aromatic carbocycles. The highest BCUT2D eigenvalue weighted by Crippen LogP contribution is 2.07. The normalized spacial score (nSPS) is 15.3. The summed E-state index contributed by atoms with van der Waals surface area (Å²) in [4.78, 5) is 10.5. The van der Waals surface area contributed by atoms with Crippen molar-refractivity contribution in [3.8, 4) is 0 Å². The fourth-order valence-electron chi connectivity index (χ4n) is 1.35. The molecule has 0 saturated heterocycles. The van der Waals surface area contributed by atoms with Crippen molar-refractivity contribution in [3.05, 3.63) is 0 Å². The summed E-state index contributed by atoms with van der Waals surface area (Å²) in [6.45, 7) is 6.82. The van der Waals surface area contributed by atoms with Gasteiger partial charge in [0.15, 0.2) is 0 Å². The van der Waals surface area contributed by atoms with Crippen LogP contribution in [0.1, 0.15) is 40.0 Å². The van der Waals surface area contributed by atoms with Crippen molar-refractivity contribution in [2.75, 3.05) is 6.54 Å². The highest BCUT2D eigenvalue weighted by atomic mass is 16.4. The molecule has 4 nitrogen and oxygen atoms in total. The van der Waals surface area contributed by atoms with Gasteiger partial charge in [-0.1, -0.05) is 26.7 Å². The third kappa shape index (κ3) is 8.39. The van der Waals surface area contributed by atoms with Crippen LogP contribution in [-0.4, -0.2) is 29.7 Å². The van der Waals surface area contributed by atoms with E-state index in [4.69, 9.17) is 10.8 Å². The Balaban J connectivity index is 3.48. The Labute approximate surface area is 92.2 Å². The fourth-order valence-corrected chi connectivity index (χ4v) is 1.35. The molecule has 2 atom stereocenters. The lowest BCUT2D eigenvalue weighted by Crippen LogP contribution is -2.43. The van der Waals surface area contributed by atoms with Crippen molar-refractivity contribution in [1.29, 1.82) is 0 Å². The van der Waals surface area contributed by atoms with E-state index < -0.39 is 12.0 Å². The maximum absolute atomic E-state index is 10.5. The summed E-state index contributed by atoms with van der Waals surface area (Å²) in [5.41, 5.74) is 5.38. The second kappa shape index (κ2) is 7.65. The number of hydrogen-bond donors (Lipinski definition) is 3. The van der Waals surface area contributed by atoms with Crippen LogP contribution in [0, 0.1) is 5.92 Å². The summed E-state index contributed by atoms with van der Waals surface area (Å²) >= 11 is 0. The Bertz CT molecular complexity index is 183. The summed E-state index contributed by atoms with van der Waals surface area (Å²) in [5.74, 6) is -0.213. The first-order valence-electron chi connectivity index (χ1n) is 5.65. The van der Waals surface area contributed by atoms with E-state index in [1.807, 2.05) is 0 Å². The molecule has 0 bridgehead atoms. The first kappa shape index (κ1) is 14.4. The van der Waals surface area contributed by atoms with E-state index in [0.717, 1.165) is 12.3 Å². The first-order valence-corrected chi connectivity index (χ1v) is 5.65. The van der Waals surface area contributed by atoms with Crippen LogP contribution in [0.25, 0.3) is 0 Å². The van der Waals surface area contributed by atoms with Crippen LogP contribution in [0.2, 0.25) is 0 Å². The molecule has 0 saturated carbocycles. The number of nitrogens with one attached hydrogen (secondary N) is 1. The van der Waals surface area contributed by atoms with Gasteiger partial charge in [-0.3, -0.25) is 4.79 Å². The molecule has 0 fully saturated rings. The third-order valence-corrected chi connectivity index (χ3v) is 2.42. The van der Waals surface area contributed by atoms with Crippen LogP contribution in [0.3, 0.4) is 0 Å². The topological polar surface area (TPSA) is 75.3 Å².